The summed E-state index contributed by atoms with van der Waals surface area (Å²) < 4.78 is 7.00. The van der Waals surface area contributed by atoms with Crippen LogP contribution in [0.1, 0.15) is 12.5 Å². The van der Waals surface area contributed by atoms with Crippen LogP contribution >= 0.6 is 23.1 Å². The lowest BCUT2D eigenvalue weighted by atomic mass is 10.1. The van der Waals surface area contributed by atoms with Gasteiger partial charge in [0.1, 0.15) is 10.6 Å². The first-order valence-corrected chi connectivity index (χ1v) is 12.7. The number of nitrogens with zero attached hydrogens (tertiary/aromatic N) is 2. The molecular formula is C26H25N3O3S2. The number of anilines is 1. The molecule has 0 radical (unpaired) electrons. The molecule has 174 valence electrons. The van der Waals surface area contributed by atoms with Gasteiger partial charge >= 0.3 is 0 Å². The van der Waals surface area contributed by atoms with Gasteiger partial charge in [-0.15, -0.1) is 17.9 Å². The third-order valence-electron chi connectivity index (χ3n) is 5.11. The molecule has 0 aliphatic rings. The first kappa shape index (κ1) is 23.8. The number of ether oxygens (including phenoxy) is 1. The van der Waals surface area contributed by atoms with Crippen LogP contribution in [0.3, 0.4) is 0 Å². The Balaban J connectivity index is 1.56. The average Bonchev–Trinajstić information content (AvgIpc) is 3.26. The van der Waals surface area contributed by atoms with E-state index in [0.717, 1.165) is 22.4 Å². The molecule has 0 spiro atoms. The average molecular weight is 492 g/mol. The van der Waals surface area contributed by atoms with Gasteiger partial charge in [0.25, 0.3) is 5.56 Å². The van der Waals surface area contributed by atoms with Crippen molar-refractivity contribution in [1.82, 2.24) is 9.55 Å². The van der Waals surface area contributed by atoms with Crippen LogP contribution in [0.25, 0.3) is 21.3 Å². The minimum atomic E-state index is -0.180. The van der Waals surface area contributed by atoms with Crippen molar-refractivity contribution >= 4 is 44.9 Å². The van der Waals surface area contributed by atoms with Gasteiger partial charge in [-0.05, 0) is 43.7 Å². The number of allylic oxidation sites excluding steroid dienone is 1. The molecule has 2 heterocycles. The van der Waals surface area contributed by atoms with Crippen LogP contribution in [-0.4, -0.2) is 27.8 Å². The molecule has 0 fully saturated rings. The lowest BCUT2D eigenvalue weighted by Gasteiger charge is -2.11. The highest BCUT2D eigenvalue weighted by atomic mass is 32.2. The Hall–Kier alpha value is -3.36. The molecule has 0 saturated heterocycles. The van der Waals surface area contributed by atoms with Crippen molar-refractivity contribution in [3.63, 3.8) is 0 Å². The summed E-state index contributed by atoms with van der Waals surface area (Å²) in [6.07, 6.45) is 1.66. The van der Waals surface area contributed by atoms with Crippen molar-refractivity contribution in [1.29, 1.82) is 0 Å². The van der Waals surface area contributed by atoms with Gasteiger partial charge in [0.05, 0.1) is 17.7 Å². The fourth-order valence-electron chi connectivity index (χ4n) is 3.48. The zero-order valence-corrected chi connectivity index (χ0v) is 20.7. The number of amides is 1. The lowest BCUT2D eigenvalue weighted by Crippen LogP contribution is -2.23. The van der Waals surface area contributed by atoms with E-state index in [1.807, 2.05) is 55.6 Å². The Morgan fingerprint density at radius 2 is 1.94 bits per heavy atom. The number of hydrogen-bond donors (Lipinski definition) is 1. The number of aryl methyl sites for hydroxylation is 1. The Labute approximate surface area is 206 Å². The molecule has 4 rings (SSSR count). The van der Waals surface area contributed by atoms with Gasteiger partial charge in [-0.2, -0.15) is 0 Å². The quantitative estimate of drug-likeness (QED) is 0.183. The van der Waals surface area contributed by atoms with E-state index in [1.165, 1.54) is 23.1 Å². The molecule has 2 aromatic heterocycles. The molecule has 2 aromatic carbocycles. The molecule has 4 aromatic rings. The number of fused-ring (bicyclic) bond motifs is 1. The van der Waals surface area contributed by atoms with Crippen molar-refractivity contribution in [2.24, 2.45) is 0 Å². The summed E-state index contributed by atoms with van der Waals surface area (Å²) in [5.74, 6) is 0.695. The molecular weight excluding hydrogens is 466 g/mol. The maximum absolute atomic E-state index is 13.4. The van der Waals surface area contributed by atoms with E-state index in [2.05, 4.69) is 11.9 Å². The fourth-order valence-corrected chi connectivity index (χ4v) is 5.28. The van der Waals surface area contributed by atoms with Gasteiger partial charge in [0, 0.05) is 23.2 Å². The summed E-state index contributed by atoms with van der Waals surface area (Å²) in [6, 6.07) is 15.3. The van der Waals surface area contributed by atoms with Crippen molar-refractivity contribution in [2.75, 3.05) is 17.7 Å². The molecule has 8 heteroatoms. The molecule has 0 atom stereocenters. The molecule has 34 heavy (non-hydrogen) atoms. The Morgan fingerprint density at radius 1 is 1.21 bits per heavy atom. The van der Waals surface area contributed by atoms with Crippen molar-refractivity contribution in [3.05, 3.63) is 82.5 Å². The minimum absolute atomic E-state index is 0.124. The summed E-state index contributed by atoms with van der Waals surface area (Å²) in [5, 5.41) is 5.93. The number of carbonyl (C=O) groups is 1. The van der Waals surface area contributed by atoms with Crippen LogP contribution in [0.4, 0.5) is 5.69 Å². The normalized spacial score (nSPS) is 10.9. The number of hydrogen-bond acceptors (Lipinski definition) is 6. The number of aromatic nitrogens is 2. The molecule has 0 aliphatic heterocycles. The minimum Gasteiger partial charge on any atom is -0.494 e. The van der Waals surface area contributed by atoms with E-state index in [9.17, 15) is 9.59 Å². The maximum atomic E-state index is 13.4. The van der Waals surface area contributed by atoms with E-state index in [-0.39, 0.29) is 17.2 Å². The van der Waals surface area contributed by atoms with Crippen LogP contribution in [0, 0.1) is 6.92 Å². The summed E-state index contributed by atoms with van der Waals surface area (Å²) in [4.78, 5) is 31.4. The fraction of sp³-hybridized carbons (Fsp3) is 0.192. The third-order valence-corrected chi connectivity index (χ3v) is 6.96. The molecule has 0 unspecified atom stereocenters. The van der Waals surface area contributed by atoms with Gasteiger partial charge < -0.3 is 10.1 Å². The van der Waals surface area contributed by atoms with Gasteiger partial charge in [-0.3, -0.25) is 14.2 Å². The predicted molar refractivity (Wildman–Crippen MR) is 141 cm³/mol. The SMILES string of the molecule is C=CCn1c(SCC(=O)Nc2ccc(OCC)cc2)nc2scc(-c3ccc(C)cc3)c2c1=O. The lowest BCUT2D eigenvalue weighted by molar-refractivity contribution is -0.113. The van der Waals surface area contributed by atoms with Crippen LogP contribution in [0.5, 0.6) is 5.75 Å². The summed E-state index contributed by atoms with van der Waals surface area (Å²) in [6.45, 7) is 8.64. The number of benzene rings is 2. The molecule has 1 N–H and O–H groups in total. The van der Waals surface area contributed by atoms with Crippen molar-refractivity contribution in [3.8, 4) is 16.9 Å². The highest BCUT2D eigenvalue weighted by Gasteiger charge is 2.18. The zero-order chi connectivity index (χ0) is 24.1. The Kier molecular flexibility index (Phi) is 7.49. The Bertz CT molecular complexity index is 1370. The topological polar surface area (TPSA) is 73.2 Å². The van der Waals surface area contributed by atoms with Crippen LogP contribution in [-0.2, 0) is 11.3 Å². The number of carbonyl (C=O) groups excluding carboxylic acids is 1. The third kappa shape index (κ3) is 5.24. The molecule has 6 nitrogen and oxygen atoms in total. The molecule has 0 saturated carbocycles. The van der Waals surface area contributed by atoms with E-state index in [1.54, 1.807) is 22.8 Å². The summed E-state index contributed by atoms with van der Waals surface area (Å²) in [7, 11) is 0. The van der Waals surface area contributed by atoms with Gasteiger partial charge in [-0.1, -0.05) is 47.7 Å². The van der Waals surface area contributed by atoms with Gasteiger partial charge in [0.2, 0.25) is 5.91 Å². The van der Waals surface area contributed by atoms with Gasteiger partial charge in [-0.25, -0.2) is 4.98 Å². The number of thioether (sulfide) groups is 1. The maximum Gasteiger partial charge on any atom is 0.263 e. The van der Waals surface area contributed by atoms with Crippen LogP contribution in [0.15, 0.2) is 76.5 Å². The largest absolute Gasteiger partial charge is 0.494 e. The molecule has 0 aliphatic carbocycles. The van der Waals surface area contributed by atoms with Crippen LogP contribution < -0.4 is 15.6 Å². The summed E-state index contributed by atoms with van der Waals surface area (Å²) >= 11 is 2.67. The van der Waals surface area contributed by atoms with E-state index >= 15 is 0 Å². The summed E-state index contributed by atoms with van der Waals surface area (Å²) in [5.41, 5.74) is 3.57. The number of rotatable bonds is 9. The molecule has 1 amide bonds. The first-order chi connectivity index (χ1) is 16.5. The highest BCUT2D eigenvalue weighted by Crippen LogP contribution is 2.32. The highest BCUT2D eigenvalue weighted by molar-refractivity contribution is 7.99. The van der Waals surface area contributed by atoms with E-state index < -0.39 is 0 Å². The second-order valence-electron chi connectivity index (χ2n) is 7.59. The number of nitrogens with one attached hydrogen (secondary N) is 1. The number of thiophene rings is 1. The second-order valence-corrected chi connectivity index (χ2v) is 9.39. The smallest absolute Gasteiger partial charge is 0.263 e. The standard InChI is InChI=1S/C26H25N3O3S2/c1-4-14-29-25(31)23-21(18-8-6-17(3)7-9-18)15-33-24(23)28-26(29)34-16-22(30)27-19-10-12-20(13-11-19)32-5-2/h4,6-13,15H,1,5,14,16H2,2-3H3,(H,27,30). The van der Waals surface area contributed by atoms with Crippen molar-refractivity contribution in [2.45, 2.75) is 25.5 Å². The monoisotopic (exact) mass is 491 g/mol. The predicted octanol–water partition coefficient (Wildman–Crippen LogP) is 5.75. The van der Waals surface area contributed by atoms with Crippen LogP contribution in [0.2, 0.25) is 0 Å². The second kappa shape index (κ2) is 10.7. The van der Waals surface area contributed by atoms with Crippen molar-refractivity contribution < 1.29 is 9.53 Å². The van der Waals surface area contributed by atoms with Gasteiger partial charge in [0.15, 0.2) is 5.16 Å². The van der Waals surface area contributed by atoms with E-state index in [0.29, 0.717) is 34.2 Å². The Morgan fingerprint density at radius 3 is 2.62 bits per heavy atom. The zero-order valence-electron chi connectivity index (χ0n) is 19.0. The van der Waals surface area contributed by atoms with E-state index in [4.69, 9.17) is 9.72 Å². The first-order valence-electron chi connectivity index (χ1n) is 10.9. The molecule has 0 bridgehead atoms.